The molecule has 0 aliphatic carbocycles. The van der Waals surface area contributed by atoms with Crippen molar-refractivity contribution in [3.63, 3.8) is 0 Å². The molecule has 6 aromatic carbocycles. The molecule has 6 heterocycles. The minimum atomic E-state index is -2.04. The van der Waals surface area contributed by atoms with Gasteiger partial charge in [-0.05, 0) is 83.3 Å². The normalized spacial score (nSPS) is 22.1. The van der Waals surface area contributed by atoms with Gasteiger partial charge in [0.25, 0.3) is 0 Å². The Morgan fingerprint density at radius 2 is 1.47 bits per heavy atom. The number of aliphatic hydroxyl groups is 1. The third-order valence-corrected chi connectivity index (χ3v) is 15.4. The Labute approximate surface area is 450 Å². The molecule has 12 rings (SSSR count). The van der Waals surface area contributed by atoms with Crippen molar-refractivity contribution in [2.75, 3.05) is 49.2 Å². The highest BCUT2D eigenvalue weighted by Crippen LogP contribution is 2.66. The number of nitrogens with zero attached hydrogens (tertiary/aromatic N) is 9. The summed E-state index contributed by atoms with van der Waals surface area (Å²) in [7, 11) is 0. The average Bonchev–Trinajstić information content (AvgIpc) is 3.48. The number of aromatic nitrogens is 5. The van der Waals surface area contributed by atoms with Crippen LogP contribution in [0, 0.1) is 17.8 Å². The second-order valence-corrected chi connectivity index (χ2v) is 19.8. The molecule has 390 valence electrons. The summed E-state index contributed by atoms with van der Waals surface area (Å²) < 4.78 is 14.5. The van der Waals surface area contributed by atoms with E-state index in [1.165, 1.54) is 0 Å². The SMILES string of the molecule is C[C@@H](NC(=O)N1C(=O)[C@@]2(c3cc(C#CCn4nnc5ccccc54)ccc31)[C@H](C(=O)N1CCN(c3ncccn3)CC1)[C@H]1C(=O)O[C@H](c3ccccc3)[C@H](c3ccccc3)N1[C@@H]2c1cccc(OCCO)c1)c1ccccc1. The number of amides is 4. The van der Waals surface area contributed by atoms with Gasteiger partial charge in [0.05, 0.1) is 41.9 Å². The zero-order chi connectivity index (χ0) is 53.3. The van der Waals surface area contributed by atoms with E-state index in [1.54, 1.807) is 64.4 Å². The minimum Gasteiger partial charge on any atom is -0.491 e. The van der Waals surface area contributed by atoms with Gasteiger partial charge in [0.1, 0.15) is 42.0 Å². The number of rotatable bonds is 11. The summed E-state index contributed by atoms with van der Waals surface area (Å²) in [5.74, 6) is 4.10. The number of fused-ring (bicyclic) bond motifs is 4. The van der Waals surface area contributed by atoms with Gasteiger partial charge in [-0.25, -0.2) is 24.3 Å². The van der Waals surface area contributed by atoms with Crippen molar-refractivity contribution in [2.24, 2.45) is 5.92 Å². The summed E-state index contributed by atoms with van der Waals surface area (Å²) in [6, 6.07) is 45.7. The van der Waals surface area contributed by atoms with Crippen molar-refractivity contribution in [2.45, 2.75) is 49.2 Å². The van der Waals surface area contributed by atoms with Crippen molar-refractivity contribution in [3.05, 3.63) is 210 Å². The molecular formula is C61H54N10O7. The van der Waals surface area contributed by atoms with Crippen LogP contribution in [-0.4, -0.2) is 109 Å². The molecule has 17 nitrogen and oxygen atoms in total. The summed E-state index contributed by atoms with van der Waals surface area (Å²) >= 11 is 0. The van der Waals surface area contributed by atoms with E-state index in [4.69, 9.17) is 9.47 Å². The third kappa shape index (κ3) is 8.74. The molecule has 7 atom stereocenters. The average molecular weight is 1040 g/mol. The summed E-state index contributed by atoms with van der Waals surface area (Å²) in [5.41, 5.74) is 3.33. The first-order valence-corrected chi connectivity index (χ1v) is 26.1. The van der Waals surface area contributed by atoms with Crippen LogP contribution in [0.2, 0.25) is 0 Å². The Balaban J connectivity index is 1.10. The van der Waals surface area contributed by atoms with E-state index >= 15 is 19.2 Å². The van der Waals surface area contributed by atoms with Gasteiger partial charge in [0.15, 0.2) is 0 Å². The van der Waals surface area contributed by atoms with Gasteiger partial charge in [-0.2, -0.15) is 0 Å². The van der Waals surface area contributed by atoms with E-state index in [-0.39, 0.29) is 38.5 Å². The van der Waals surface area contributed by atoms with E-state index in [9.17, 15) is 5.11 Å². The van der Waals surface area contributed by atoms with E-state index in [1.807, 2.05) is 138 Å². The van der Waals surface area contributed by atoms with Crippen LogP contribution in [0.4, 0.5) is 16.4 Å². The predicted molar refractivity (Wildman–Crippen MR) is 290 cm³/mol. The molecule has 0 bridgehead atoms. The van der Waals surface area contributed by atoms with Gasteiger partial charge in [0, 0.05) is 44.1 Å². The van der Waals surface area contributed by atoms with Crippen LogP contribution < -0.4 is 19.9 Å². The highest BCUT2D eigenvalue weighted by molar-refractivity contribution is 6.24. The number of ether oxygens (including phenoxy) is 2. The standard InChI is InChI=1S/C61H54N10O7/c1-40(42-17-5-2-6-18-42)64-60(76)70-49-28-27-41(16-14-31-69-50-26-12-11-25-48(50)65-66-69)38-47(49)61(58(70)75)51(56(73)67-32-34-68(35-33-67)59-62-29-15-30-63-59)53-57(74)78-54(44-21-9-4-10-22-44)52(43-19-7-3-8-20-43)71(53)55(61)45-23-13-24-46(39-45)77-37-36-72/h2-13,15,17-30,38-40,51-55,72H,31-37H2,1H3,(H,64,76)/t40-,51+,52+,53+,54-,55-,61+/m1/s1. The first-order chi connectivity index (χ1) is 38.2. The Morgan fingerprint density at radius 3 is 2.22 bits per heavy atom. The fourth-order valence-electron chi connectivity index (χ4n) is 12.0. The summed E-state index contributed by atoms with van der Waals surface area (Å²) in [5, 5.41) is 21.7. The maximum atomic E-state index is 17.0. The molecule has 0 radical (unpaired) electrons. The number of para-hydroxylation sites is 1. The summed E-state index contributed by atoms with van der Waals surface area (Å²) in [6.45, 7) is 2.87. The van der Waals surface area contributed by atoms with Gasteiger partial charge in [-0.1, -0.05) is 132 Å². The molecule has 4 aliphatic heterocycles. The van der Waals surface area contributed by atoms with Gasteiger partial charge < -0.3 is 29.7 Å². The summed E-state index contributed by atoms with van der Waals surface area (Å²) in [6.07, 6.45) is 2.41. The van der Waals surface area contributed by atoms with Gasteiger partial charge in [0.2, 0.25) is 17.8 Å². The molecule has 0 saturated carbocycles. The molecule has 2 N–H and O–H groups in total. The number of hydrogen-bond donors (Lipinski definition) is 2. The molecule has 8 aromatic rings. The smallest absolute Gasteiger partial charge is 0.329 e. The number of urea groups is 1. The van der Waals surface area contributed by atoms with Crippen molar-refractivity contribution >= 4 is 46.5 Å². The van der Waals surface area contributed by atoms with E-state index in [2.05, 4.69) is 37.4 Å². The fourth-order valence-corrected chi connectivity index (χ4v) is 12.0. The number of hydrogen-bond acceptors (Lipinski definition) is 13. The molecule has 4 amide bonds. The maximum absolute atomic E-state index is 17.0. The first kappa shape index (κ1) is 49.6. The third-order valence-electron chi connectivity index (χ3n) is 15.4. The van der Waals surface area contributed by atoms with E-state index in [0.29, 0.717) is 47.0 Å². The molecule has 78 heavy (non-hydrogen) atoms. The number of morpholine rings is 1. The topological polar surface area (TPSA) is 188 Å². The van der Waals surface area contributed by atoms with Crippen molar-refractivity contribution in [3.8, 4) is 17.6 Å². The van der Waals surface area contributed by atoms with E-state index < -0.39 is 65.4 Å². The molecular weight excluding hydrogens is 985 g/mol. The number of imide groups is 1. The number of piperazine rings is 1. The quantitative estimate of drug-likeness (QED) is 0.0985. The van der Waals surface area contributed by atoms with Crippen LogP contribution in [0.5, 0.6) is 5.75 Å². The highest BCUT2D eigenvalue weighted by atomic mass is 16.6. The zero-order valence-electron chi connectivity index (χ0n) is 42.6. The Kier molecular flexibility index (Phi) is 13.4. The number of anilines is 2. The second-order valence-electron chi connectivity index (χ2n) is 19.8. The van der Waals surface area contributed by atoms with Crippen LogP contribution in [-0.2, 0) is 31.1 Å². The number of carbonyl (C=O) groups is 4. The molecule has 2 aromatic heterocycles. The first-order valence-electron chi connectivity index (χ1n) is 26.1. The fraction of sp³-hybridized carbons (Fsp3) is 0.246. The number of aliphatic hydroxyl groups excluding tert-OH is 1. The Hall–Kier alpha value is -9.24. The van der Waals surface area contributed by atoms with Crippen LogP contribution in [0.25, 0.3) is 11.0 Å². The number of benzene rings is 6. The van der Waals surface area contributed by atoms with Gasteiger partial charge >= 0.3 is 12.0 Å². The maximum Gasteiger partial charge on any atom is 0.329 e. The molecule has 17 heteroatoms. The number of esters is 1. The molecule has 1 spiro atoms. The van der Waals surface area contributed by atoms with Gasteiger partial charge in [-0.3, -0.25) is 19.3 Å². The van der Waals surface area contributed by atoms with Crippen LogP contribution >= 0.6 is 0 Å². The highest BCUT2D eigenvalue weighted by Gasteiger charge is 2.76. The molecule has 4 aliphatic rings. The Morgan fingerprint density at radius 1 is 0.782 bits per heavy atom. The lowest BCUT2D eigenvalue weighted by molar-refractivity contribution is -0.179. The lowest BCUT2D eigenvalue weighted by Crippen LogP contribution is -2.59. The summed E-state index contributed by atoms with van der Waals surface area (Å²) in [4.78, 5) is 80.6. The monoisotopic (exact) mass is 1040 g/mol. The Bertz CT molecular complexity index is 3590. The number of carbonyl (C=O) groups excluding carboxylic acids is 4. The van der Waals surface area contributed by atoms with Gasteiger partial charge in [-0.15, -0.1) is 5.10 Å². The molecule has 3 fully saturated rings. The zero-order valence-corrected chi connectivity index (χ0v) is 42.6. The van der Waals surface area contributed by atoms with Crippen molar-refractivity contribution < 1.29 is 33.8 Å². The molecule has 0 unspecified atom stereocenters. The van der Waals surface area contributed by atoms with Crippen LogP contribution in [0.1, 0.15) is 64.5 Å². The lowest BCUT2D eigenvalue weighted by atomic mass is 9.64. The largest absolute Gasteiger partial charge is 0.491 e. The van der Waals surface area contributed by atoms with Crippen molar-refractivity contribution in [1.82, 2.24) is 40.1 Å². The minimum absolute atomic E-state index is 0.0243. The number of cyclic esters (lactones) is 1. The van der Waals surface area contributed by atoms with Crippen LogP contribution in [0.15, 0.2) is 176 Å². The lowest BCUT2D eigenvalue weighted by Gasteiger charge is -2.46. The van der Waals surface area contributed by atoms with E-state index in [0.717, 1.165) is 27.1 Å². The number of nitrogens with one attached hydrogen (secondary N) is 1. The van der Waals surface area contributed by atoms with Crippen molar-refractivity contribution in [1.29, 1.82) is 0 Å². The predicted octanol–water partition coefficient (Wildman–Crippen LogP) is 7.13. The van der Waals surface area contributed by atoms with Crippen LogP contribution in [0.3, 0.4) is 0 Å². The second kappa shape index (κ2) is 21.1. The molecule has 3 saturated heterocycles.